The van der Waals surface area contributed by atoms with Crippen molar-refractivity contribution in [3.8, 4) is 17.3 Å². The van der Waals surface area contributed by atoms with Crippen molar-refractivity contribution < 1.29 is 9.47 Å². The minimum absolute atomic E-state index is 0.0807. The predicted molar refractivity (Wildman–Crippen MR) is 111 cm³/mol. The van der Waals surface area contributed by atoms with Gasteiger partial charge in [-0.3, -0.25) is 9.56 Å². The Hall–Kier alpha value is -3.55. The molecule has 0 saturated heterocycles. The highest BCUT2D eigenvalue weighted by Gasteiger charge is 2.20. The molecule has 8 nitrogen and oxygen atoms in total. The number of nitrogens with one attached hydrogen (secondary N) is 2. The molecule has 1 aromatic carbocycles. The number of guanidine groups is 1. The zero-order valence-electron chi connectivity index (χ0n) is 16.5. The fourth-order valence-electron chi connectivity index (χ4n) is 3.06. The van der Waals surface area contributed by atoms with E-state index in [9.17, 15) is 0 Å². The van der Waals surface area contributed by atoms with Gasteiger partial charge in [0.1, 0.15) is 24.4 Å². The molecule has 1 unspecified atom stereocenters. The summed E-state index contributed by atoms with van der Waals surface area (Å²) in [5.74, 6) is 4.01. The van der Waals surface area contributed by atoms with Gasteiger partial charge in [0.2, 0.25) is 0 Å². The monoisotopic (exact) mass is 392 g/mol. The fourth-order valence-corrected chi connectivity index (χ4v) is 3.06. The molecule has 8 heteroatoms. The Balaban J connectivity index is 1.27. The lowest BCUT2D eigenvalue weighted by Crippen LogP contribution is -2.45. The third-order valence-corrected chi connectivity index (χ3v) is 4.63. The third-order valence-electron chi connectivity index (χ3n) is 4.63. The molecule has 2 aromatic heterocycles. The number of imidazole rings is 1. The van der Waals surface area contributed by atoms with Gasteiger partial charge in [0.15, 0.2) is 17.5 Å². The molecule has 3 heterocycles. The van der Waals surface area contributed by atoms with Crippen LogP contribution in [0.15, 0.2) is 60.0 Å². The second-order valence-electron chi connectivity index (χ2n) is 6.67. The van der Waals surface area contributed by atoms with E-state index in [4.69, 9.17) is 9.47 Å². The molecule has 0 amide bonds. The van der Waals surface area contributed by atoms with Gasteiger partial charge in [-0.15, -0.1) is 0 Å². The van der Waals surface area contributed by atoms with Crippen LogP contribution in [0.25, 0.3) is 5.82 Å². The molecule has 0 fully saturated rings. The van der Waals surface area contributed by atoms with E-state index >= 15 is 0 Å². The zero-order valence-corrected chi connectivity index (χ0v) is 16.5. The van der Waals surface area contributed by atoms with E-state index in [2.05, 4.69) is 25.6 Å². The highest BCUT2D eigenvalue weighted by atomic mass is 16.6. The third kappa shape index (κ3) is 4.48. The summed E-state index contributed by atoms with van der Waals surface area (Å²) in [5.41, 5.74) is 1.06. The van der Waals surface area contributed by atoms with Gasteiger partial charge >= 0.3 is 0 Å². The van der Waals surface area contributed by atoms with E-state index in [0.29, 0.717) is 25.7 Å². The summed E-state index contributed by atoms with van der Waals surface area (Å²) in [6.07, 6.45) is 5.44. The highest BCUT2D eigenvalue weighted by molar-refractivity contribution is 5.79. The summed E-state index contributed by atoms with van der Waals surface area (Å²) in [7, 11) is 1.74. The van der Waals surface area contributed by atoms with E-state index in [1.54, 1.807) is 13.2 Å². The number of fused-ring (bicyclic) bond motifs is 1. The normalized spacial score (nSPS) is 15.8. The van der Waals surface area contributed by atoms with Gasteiger partial charge in [0.25, 0.3) is 0 Å². The topological polar surface area (TPSA) is 85.6 Å². The average Bonchev–Trinajstić information content (AvgIpc) is 3.20. The number of para-hydroxylation sites is 2. The molecule has 1 aliphatic rings. The second-order valence-corrected chi connectivity index (χ2v) is 6.67. The number of aryl methyl sites for hydroxylation is 1. The molecular formula is C21H24N6O2. The maximum absolute atomic E-state index is 5.96. The van der Waals surface area contributed by atoms with Crippen LogP contribution in [0, 0.1) is 6.92 Å². The van der Waals surface area contributed by atoms with Crippen molar-refractivity contribution >= 4 is 5.96 Å². The predicted octanol–water partition coefficient (Wildman–Crippen LogP) is 2.08. The molecule has 0 radical (unpaired) electrons. The lowest BCUT2D eigenvalue weighted by atomic mass is 10.2. The number of ether oxygens (including phenoxy) is 2. The van der Waals surface area contributed by atoms with Crippen LogP contribution in [0.4, 0.5) is 0 Å². The van der Waals surface area contributed by atoms with Crippen molar-refractivity contribution in [2.24, 2.45) is 4.99 Å². The largest absolute Gasteiger partial charge is 0.486 e. The van der Waals surface area contributed by atoms with Crippen molar-refractivity contribution in [3.05, 3.63) is 66.4 Å². The van der Waals surface area contributed by atoms with Gasteiger partial charge in [0, 0.05) is 32.2 Å². The summed E-state index contributed by atoms with van der Waals surface area (Å²) in [4.78, 5) is 13.0. The highest BCUT2D eigenvalue weighted by Crippen LogP contribution is 2.30. The van der Waals surface area contributed by atoms with Crippen LogP contribution >= 0.6 is 0 Å². The Morgan fingerprint density at radius 1 is 1.17 bits per heavy atom. The van der Waals surface area contributed by atoms with E-state index in [-0.39, 0.29) is 6.10 Å². The van der Waals surface area contributed by atoms with Crippen molar-refractivity contribution in [2.75, 3.05) is 20.2 Å². The smallest absolute Gasteiger partial charge is 0.191 e. The first-order chi connectivity index (χ1) is 14.2. The number of nitrogens with zero attached hydrogens (tertiary/aromatic N) is 4. The van der Waals surface area contributed by atoms with Crippen LogP contribution in [0.3, 0.4) is 0 Å². The second kappa shape index (κ2) is 8.64. The maximum Gasteiger partial charge on any atom is 0.191 e. The Kier molecular flexibility index (Phi) is 5.60. The fraction of sp³-hybridized carbons (Fsp3) is 0.286. The number of rotatable bonds is 5. The molecule has 150 valence electrons. The molecule has 1 atom stereocenters. The summed E-state index contributed by atoms with van der Waals surface area (Å²) in [5, 5.41) is 6.58. The Morgan fingerprint density at radius 2 is 2.03 bits per heavy atom. The number of benzene rings is 1. The Bertz CT molecular complexity index is 983. The number of aliphatic imine (C=N–C) groups is 1. The molecule has 2 N–H and O–H groups in total. The van der Waals surface area contributed by atoms with Gasteiger partial charge < -0.3 is 20.1 Å². The molecule has 0 bridgehead atoms. The van der Waals surface area contributed by atoms with Crippen molar-refractivity contribution in [1.82, 2.24) is 25.2 Å². The maximum atomic E-state index is 5.96. The van der Waals surface area contributed by atoms with E-state index < -0.39 is 0 Å². The number of pyridine rings is 1. The average molecular weight is 392 g/mol. The van der Waals surface area contributed by atoms with E-state index in [1.165, 1.54) is 0 Å². The molecule has 29 heavy (non-hydrogen) atoms. The van der Waals surface area contributed by atoms with Crippen molar-refractivity contribution in [2.45, 2.75) is 19.6 Å². The first kappa shape index (κ1) is 18.8. The SMILES string of the molecule is CN=C(NCc1ccc(-n2ccnc2C)nc1)NCC1COc2ccccc2O1. The summed E-state index contributed by atoms with van der Waals surface area (Å²) in [6, 6.07) is 11.7. The van der Waals surface area contributed by atoms with Crippen LogP contribution < -0.4 is 20.1 Å². The Morgan fingerprint density at radius 3 is 2.76 bits per heavy atom. The lowest BCUT2D eigenvalue weighted by Gasteiger charge is -2.27. The van der Waals surface area contributed by atoms with Gasteiger partial charge in [-0.1, -0.05) is 18.2 Å². The lowest BCUT2D eigenvalue weighted by molar-refractivity contribution is 0.0936. The van der Waals surface area contributed by atoms with Crippen LogP contribution in [0.5, 0.6) is 11.5 Å². The van der Waals surface area contributed by atoms with Gasteiger partial charge in [-0.2, -0.15) is 0 Å². The van der Waals surface area contributed by atoms with Gasteiger partial charge in [0.05, 0.1) is 6.54 Å². The van der Waals surface area contributed by atoms with Crippen LogP contribution in [0.1, 0.15) is 11.4 Å². The summed E-state index contributed by atoms with van der Waals surface area (Å²) < 4.78 is 13.6. The van der Waals surface area contributed by atoms with Crippen LogP contribution in [-0.4, -0.2) is 46.8 Å². The zero-order chi connectivity index (χ0) is 20.1. The number of hydrogen-bond donors (Lipinski definition) is 2. The summed E-state index contributed by atoms with van der Waals surface area (Å²) >= 11 is 0. The minimum atomic E-state index is -0.0807. The van der Waals surface area contributed by atoms with Crippen molar-refractivity contribution in [3.63, 3.8) is 0 Å². The Labute approximate surface area is 169 Å². The van der Waals surface area contributed by atoms with Gasteiger partial charge in [-0.05, 0) is 30.7 Å². The molecule has 3 aromatic rings. The van der Waals surface area contributed by atoms with Crippen molar-refractivity contribution in [1.29, 1.82) is 0 Å². The molecular weight excluding hydrogens is 368 g/mol. The van der Waals surface area contributed by atoms with E-state index in [0.717, 1.165) is 28.7 Å². The number of hydrogen-bond acceptors (Lipinski definition) is 5. The molecule has 0 aliphatic carbocycles. The van der Waals surface area contributed by atoms with Crippen LogP contribution in [0.2, 0.25) is 0 Å². The van der Waals surface area contributed by atoms with Crippen LogP contribution in [-0.2, 0) is 6.54 Å². The molecule has 4 rings (SSSR count). The first-order valence-electron chi connectivity index (χ1n) is 9.51. The van der Waals surface area contributed by atoms with Gasteiger partial charge in [-0.25, -0.2) is 9.97 Å². The summed E-state index contributed by atoms with van der Waals surface area (Å²) in [6.45, 7) is 3.65. The standard InChI is InChI=1S/C21H24N6O2/c1-15-23-9-10-27(15)20-8-7-16(11-24-20)12-25-21(22-2)26-13-17-14-28-18-5-3-4-6-19(18)29-17/h3-11,17H,12-14H2,1-2H3,(H2,22,25,26). The number of aromatic nitrogens is 3. The first-order valence-corrected chi connectivity index (χ1v) is 9.51. The minimum Gasteiger partial charge on any atom is -0.486 e. The molecule has 0 saturated carbocycles. The molecule has 0 spiro atoms. The van der Waals surface area contributed by atoms with E-state index in [1.807, 2.05) is 60.3 Å². The quantitative estimate of drug-likeness (QED) is 0.511. The molecule has 1 aliphatic heterocycles.